The minimum Gasteiger partial charge on any atom is -0.312 e. The van der Waals surface area contributed by atoms with E-state index in [1.807, 2.05) is 31.2 Å². The molecule has 0 fully saturated rings. The molecular formula is C17H19N3O. The van der Waals surface area contributed by atoms with E-state index in [4.69, 9.17) is 0 Å². The second kappa shape index (κ2) is 5.66. The number of nitrogens with one attached hydrogen (secondary N) is 2. The summed E-state index contributed by atoms with van der Waals surface area (Å²) in [4.78, 5) is 16.9. The van der Waals surface area contributed by atoms with Crippen LogP contribution in [0.2, 0.25) is 0 Å². The van der Waals surface area contributed by atoms with E-state index >= 15 is 0 Å². The van der Waals surface area contributed by atoms with Crippen molar-refractivity contribution in [2.75, 3.05) is 11.9 Å². The molecule has 4 nitrogen and oxygen atoms in total. The third kappa shape index (κ3) is 2.81. The Balaban J connectivity index is 1.85. The fourth-order valence-corrected chi connectivity index (χ4v) is 2.80. The Labute approximate surface area is 124 Å². The zero-order valence-electron chi connectivity index (χ0n) is 12.3. The Kier molecular flexibility index (Phi) is 3.71. The first kappa shape index (κ1) is 13.8. The number of fused-ring (bicyclic) bond motifs is 1. The van der Waals surface area contributed by atoms with Crippen molar-refractivity contribution in [1.82, 2.24) is 10.3 Å². The fraction of sp³-hybridized carbons (Fsp3) is 0.294. The molecule has 0 bridgehead atoms. The molecule has 0 radical (unpaired) electrons. The van der Waals surface area contributed by atoms with Gasteiger partial charge in [-0.15, -0.1) is 0 Å². The maximum atomic E-state index is 12.6. The highest BCUT2D eigenvalue weighted by atomic mass is 16.2. The van der Waals surface area contributed by atoms with E-state index in [1.54, 1.807) is 0 Å². The van der Waals surface area contributed by atoms with Crippen molar-refractivity contribution >= 4 is 11.7 Å². The van der Waals surface area contributed by atoms with Crippen LogP contribution in [0.1, 0.15) is 28.3 Å². The molecule has 0 aliphatic carbocycles. The SMILES string of the molecule is Cc1cccc(NC(=O)C2CNCc3c(C)cccc32)n1. The van der Waals surface area contributed by atoms with Gasteiger partial charge in [0.25, 0.3) is 0 Å². The molecule has 21 heavy (non-hydrogen) atoms. The van der Waals surface area contributed by atoms with Crippen molar-refractivity contribution in [2.45, 2.75) is 26.3 Å². The molecule has 1 unspecified atom stereocenters. The van der Waals surface area contributed by atoms with Gasteiger partial charge in [-0.3, -0.25) is 4.79 Å². The van der Waals surface area contributed by atoms with Gasteiger partial charge in [-0.25, -0.2) is 4.98 Å². The summed E-state index contributed by atoms with van der Waals surface area (Å²) in [5, 5.41) is 6.25. The van der Waals surface area contributed by atoms with Crippen LogP contribution >= 0.6 is 0 Å². The molecule has 1 aromatic carbocycles. The van der Waals surface area contributed by atoms with Gasteiger partial charge < -0.3 is 10.6 Å². The summed E-state index contributed by atoms with van der Waals surface area (Å²) in [6.07, 6.45) is 0. The van der Waals surface area contributed by atoms with Gasteiger partial charge >= 0.3 is 0 Å². The number of carbonyl (C=O) groups excluding carboxylic acids is 1. The van der Waals surface area contributed by atoms with Crippen LogP contribution in [0.25, 0.3) is 0 Å². The predicted octanol–water partition coefficient (Wildman–Crippen LogP) is 2.52. The van der Waals surface area contributed by atoms with E-state index in [0.29, 0.717) is 12.4 Å². The minimum atomic E-state index is -0.170. The second-order valence-corrected chi connectivity index (χ2v) is 5.48. The number of hydrogen-bond acceptors (Lipinski definition) is 3. The molecule has 108 valence electrons. The number of aryl methyl sites for hydroxylation is 2. The Morgan fingerprint density at radius 2 is 2.05 bits per heavy atom. The molecule has 0 spiro atoms. The molecule has 1 amide bonds. The first-order valence-electron chi connectivity index (χ1n) is 7.19. The lowest BCUT2D eigenvalue weighted by Gasteiger charge is -2.26. The summed E-state index contributed by atoms with van der Waals surface area (Å²) in [7, 11) is 0. The van der Waals surface area contributed by atoms with E-state index < -0.39 is 0 Å². The number of carbonyl (C=O) groups is 1. The van der Waals surface area contributed by atoms with Crippen LogP contribution in [0.3, 0.4) is 0 Å². The largest absolute Gasteiger partial charge is 0.312 e. The Morgan fingerprint density at radius 1 is 1.24 bits per heavy atom. The molecule has 0 saturated carbocycles. The fourth-order valence-electron chi connectivity index (χ4n) is 2.80. The van der Waals surface area contributed by atoms with Crippen LogP contribution in [0.5, 0.6) is 0 Å². The van der Waals surface area contributed by atoms with Gasteiger partial charge in [0.1, 0.15) is 5.82 Å². The standard InChI is InChI=1S/C17H19N3O/c1-11-5-3-7-13-14(11)9-18-10-15(13)17(21)20-16-8-4-6-12(2)19-16/h3-8,15,18H,9-10H2,1-2H3,(H,19,20,21). The van der Waals surface area contributed by atoms with Crippen LogP contribution < -0.4 is 10.6 Å². The number of rotatable bonds is 2. The van der Waals surface area contributed by atoms with E-state index in [9.17, 15) is 4.79 Å². The molecule has 1 aliphatic heterocycles. The molecule has 2 aromatic rings. The van der Waals surface area contributed by atoms with E-state index in [1.165, 1.54) is 11.1 Å². The van der Waals surface area contributed by atoms with E-state index in [0.717, 1.165) is 17.8 Å². The number of aromatic nitrogens is 1. The average Bonchev–Trinajstić information content (AvgIpc) is 2.47. The summed E-state index contributed by atoms with van der Waals surface area (Å²) in [6.45, 7) is 5.49. The number of nitrogens with zero attached hydrogens (tertiary/aromatic N) is 1. The summed E-state index contributed by atoms with van der Waals surface area (Å²) in [6, 6.07) is 11.8. The topological polar surface area (TPSA) is 54.0 Å². The van der Waals surface area contributed by atoms with E-state index in [-0.39, 0.29) is 11.8 Å². The highest BCUT2D eigenvalue weighted by molar-refractivity contribution is 5.95. The lowest BCUT2D eigenvalue weighted by Crippen LogP contribution is -2.36. The molecule has 4 heteroatoms. The molecule has 2 heterocycles. The van der Waals surface area contributed by atoms with Gasteiger partial charge in [0, 0.05) is 18.8 Å². The summed E-state index contributed by atoms with van der Waals surface area (Å²) in [5.74, 6) is 0.433. The molecule has 1 atom stereocenters. The summed E-state index contributed by atoms with van der Waals surface area (Å²) < 4.78 is 0. The van der Waals surface area contributed by atoms with Gasteiger partial charge in [-0.2, -0.15) is 0 Å². The summed E-state index contributed by atoms with van der Waals surface area (Å²) in [5.41, 5.74) is 4.48. The van der Waals surface area contributed by atoms with Crippen molar-refractivity contribution in [1.29, 1.82) is 0 Å². The normalized spacial score (nSPS) is 17.1. The minimum absolute atomic E-state index is 0.00727. The van der Waals surface area contributed by atoms with Crippen molar-refractivity contribution in [3.8, 4) is 0 Å². The Bertz CT molecular complexity index is 681. The maximum Gasteiger partial charge on any atom is 0.234 e. The lowest BCUT2D eigenvalue weighted by molar-refractivity contribution is -0.117. The highest BCUT2D eigenvalue weighted by Crippen LogP contribution is 2.27. The van der Waals surface area contributed by atoms with Crippen LogP contribution in [0.15, 0.2) is 36.4 Å². The number of amides is 1. The van der Waals surface area contributed by atoms with Crippen molar-refractivity contribution in [2.24, 2.45) is 0 Å². The van der Waals surface area contributed by atoms with Crippen molar-refractivity contribution in [3.63, 3.8) is 0 Å². The van der Waals surface area contributed by atoms with Crippen molar-refractivity contribution in [3.05, 3.63) is 58.8 Å². The molecule has 1 aromatic heterocycles. The molecule has 0 saturated heterocycles. The highest BCUT2D eigenvalue weighted by Gasteiger charge is 2.27. The first-order valence-corrected chi connectivity index (χ1v) is 7.19. The smallest absolute Gasteiger partial charge is 0.234 e. The van der Waals surface area contributed by atoms with E-state index in [2.05, 4.69) is 34.7 Å². The van der Waals surface area contributed by atoms with Gasteiger partial charge in [-0.05, 0) is 42.7 Å². The monoisotopic (exact) mass is 281 g/mol. The Morgan fingerprint density at radius 3 is 2.86 bits per heavy atom. The van der Waals surface area contributed by atoms with Gasteiger partial charge in [0.15, 0.2) is 0 Å². The van der Waals surface area contributed by atoms with Gasteiger partial charge in [0.05, 0.1) is 5.92 Å². The molecule has 2 N–H and O–H groups in total. The van der Waals surface area contributed by atoms with Crippen LogP contribution in [0.4, 0.5) is 5.82 Å². The average molecular weight is 281 g/mol. The van der Waals surface area contributed by atoms with Crippen LogP contribution in [-0.4, -0.2) is 17.4 Å². The third-order valence-corrected chi connectivity index (χ3v) is 3.93. The number of benzene rings is 1. The van der Waals surface area contributed by atoms with Gasteiger partial charge in [-0.1, -0.05) is 24.3 Å². The second-order valence-electron chi connectivity index (χ2n) is 5.48. The zero-order valence-corrected chi connectivity index (χ0v) is 12.3. The maximum absolute atomic E-state index is 12.6. The molecule has 3 rings (SSSR count). The van der Waals surface area contributed by atoms with Crippen LogP contribution in [0, 0.1) is 13.8 Å². The van der Waals surface area contributed by atoms with Gasteiger partial charge in [0.2, 0.25) is 5.91 Å². The van der Waals surface area contributed by atoms with Crippen molar-refractivity contribution < 1.29 is 4.79 Å². The predicted molar refractivity (Wildman–Crippen MR) is 83.2 cm³/mol. The number of anilines is 1. The zero-order chi connectivity index (χ0) is 14.8. The molecule has 1 aliphatic rings. The quantitative estimate of drug-likeness (QED) is 0.889. The third-order valence-electron chi connectivity index (χ3n) is 3.93. The Hall–Kier alpha value is -2.20. The number of pyridine rings is 1. The molecular weight excluding hydrogens is 262 g/mol. The first-order chi connectivity index (χ1) is 10.1. The lowest BCUT2D eigenvalue weighted by atomic mass is 9.88. The summed E-state index contributed by atoms with van der Waals surface area (Å²) >= 11 is 0. The number of hydrogen-bond donors (Lipinski definition) is 2. The van der Waals surface area contributed by atoms with Crippen LogP contribution in [-0.2, 0) is 11.3 Å².